The number of piperazine rings is 1. The molecule has 0 amide bonds. The number of nitrogens with zero attached hydrogens (tertiary/aromatic N) is 1. The number of benzene rings is 2. The largest absolute Gasteiger partial charge is 0.478 e. The van der Waals surface area contributed by atoms with Crippen LogP contribution in [0, 0.1) is 0 Å². The van der Waals surface area contributed by atoms with Gasteiger partial charge in [0.1, 0.15) is 0 Å². The zero-order valence-electron chi connectivity index (χ0n) is 13.1. The fourth-order valence-corrected chi connectivity index (χ4v) is 2.29. The summed E-state index contributed by atoms with van der Waals surface area (Å²) in [5.41, 5.74) is 2.24. The molecule has 0 unspecified atom stereocenters. The first-order chi connectivity index (χ1) is 11.3. The van der Waals surface area contributed by atoms with Crippen molar-refractivity contribution < 1.29 is 9.90 Å². The molecule has 1 aliphatic heterocycles. The van der Waals surface area contributed by atoms with Gasteiger partial charge in [-0.3, -0.25) is 0 Å². The summed E-state index contributed by atoms with van der Waals surface area (Å²) >= 11 is 0. The standard InChI is InChI=1S/C10H14N2.C9H8O2/c1-2-4-10(5-3-1)12-8-6-11-7-9-12;10-9(11)7-6-8-4-2-1-3-5-8/h1-5,11H,6-9H2;1-7H,(H,10,11)/b;7-6+. The summed E-state index contributed by atoms with van der Waals surface area (Å²) in [6.07, 6.45) is 2.68. The van der Waals surface area contributed by atoms with Crippen LogP contribution in [-0.4, -0.2) is 37.3 Å². The van der Waals surface area contributed by atoms with Gasteiger partial charge >= 0.3 is 5.97 Å². The van der Waals surface area contributed by atoms with E-state index in [0.29, 0.717) is 0 Å². The van der Waals surface area contributed by atoms with Crippen molar-refractivity contribution in [2.75, 3.05) is 31.1 Å². The molecule has 4 heteroatoms. The second-order valence-corrected chi connectivity index (χ2v) is 5.15. The Morgan fingerprint density at radius 1 is 0.957 bits per heavy atom. The number of aliphatic carboxylic acids is 1. The Labute approximate surface area is 137 Å². The smallest absolute Gasteiger partial charge is 0.328 e. The van der Waals surface area contributed by atoms with Crippen molar-refractivity contribution in [3.63, 3.8) is 0 Å². The third kappa shape index (κ3) is 6.36. The molecule has 0 aromatic heterocycles. The Hall–Kier alpha value is -2.59. The van der Waals surface area contributed by atoms with E-state index < -0.39 is 5.97 Å². The number of carbonyl (C=O) groups is 1. The fraction of sp³-hybridized carbons (Fsp3) is 0.211. The maximum absolute atomic E-state index is 10.1. The maximum atomic E-state index is 10.1. The topological polar surface area (TPSA) is 52.6 Å². The second kappa shape index (κ2) is 9.43. The van der Waals surface area contributed by atoms with Gasteiger partial charge in [0.05, 0.1) is 0 Å². The molecule has 0 aliphatic carbocycles. The zero-order chi connectivity index (χ0) is 16.3. The van der Waals surface area contributed by atoms with Gasteiger partial charge in [-0.15, -0.1) is 0 Å². The molecule has 0 radical (unpaired) electrons. The van der Waals surface area contributed by atoms with Crippen LogP contribution >= 0.6 is 0 Å². The number of hydrogen-bond acceptors (Lipinski definition) is 3. The molecule has 1 saturated heterocycles. The van der Waals surface area contributed by atoms with Crippen molar-refractivity contribution in [3.05, 3.63) is 72.3 Å². The summed E-state index contributed by atoms with van der Waals surface area (Å²) in [7, 11) is 0. The Morgan fingerprint density at radius 2 is 1.52 bits per heavy atom. The first kappa shape index (κ1) is 16.8. The molecule has 1 aliphatic rings. The molecule has 0 spiro atoms. The Balaban J connectivity index is 0.000000168. The van der Waals surface area contributed by atoms with Gasteiger partial charge in [0.25, 0.3) is 0 Å². The molecule has 1 heterocycles. The fourth-order valence-electron chi connectivity index (χ4n) is 2.29. The van der Waals surface area contributed by atoms with Crippen LogP contribution in [0.1, 0.15) is 5.56 Å². The number of carboxylic acids is 1. The lowest BCUT2D eigenvalue weighted by atomic mass is 10.2. The summed E-state index contributed by atoms with van der Waals surface area (Å²) in [6.45, 7) is 4.47. The molecule has 1 fully saturated rings. The van der Waals surface area contributed by atoms with Crippen molar-refractivity contribution in [2.45, 2.75) is 0 Å². The van der Waals surface area contributed by atoms with E-state index in [1.165, 1.54) is 5.69 Å². The molecule has 23 heavy (non-hydrogen) atoms. The van der Waals surface area contributed by atoms with Crippen molar-refractivity contribution >= 4 is 17.7 Å². The second-order valence-electron chi connectivity index (χ2n) is 5.15. The normalized spacial score (nSPS) is 14.2. The van der Waals surface area contributed by atoms with E-state index >= 15 is 0 Å². The Bertz CT molecular complexity index is 606. The number of anilines is 1. The average Bonchev–Trinajstić information content (AvgIpc) is 2.63. The van der Waals surface area contributed by atoms with Gasteiger partial charge in [-0.2, -0.15) is 0 Å². The van der Waals surface area contributed by atoms with Crippen LogP contribution in [0.15, 0.2) is 66.7 Å². The summed E-state index contributed by atoms with van der Waals surface area (Å²) in [5, 5.41) is 11.6. The summed E-state index contributed by atoms with van der Waals surface area (Å²) in [5.74, 6) is -0.922. The van der Waals surface area contributed by atoms with E-state index in [0.717, 1.165) is 37.8 Å². The number of nitrogens with one attached hydrogen (secondary N) is 1. The van der Waals surface area contributed by atoms with Gasteiger partial charge in [0.15, 0.2) is 0 Å². The van der Waals surface area contributed by atoms with Gasteiger partial charge in [0.2, 0.25) is 0 Å². The van der Waals surface area contributed by atoms with Crippen LogP contribution in [0.4, 0.5) is 5.69 Å². The van der Waals surface area contributed by atoms with E-state index in [1.807, 2.05) is 30.3 Å². The number of rotatable bonds is 3. The van der Waals surface area contributed by atoms with Crippen molar-refractivity contribution in [2.24, 2.45) is 0 Å². The zero-order valence-corrected chi connectivity index (χ0v) is 13.1. The van der Waals surface area contributed by atoms with Crippen molar-refractivity contribution in [3.8, 4) is 0 Å². The molecule has 120 valence electrons. The quantitative estimate of drug-likeness (QED) is 0.856. The molecule has 2 aromatic rings. The van der Waals surface area contributed by atoms with Gasteiger partial charge in [0, 0.05) is 37.9 Å². The average molecular weight is 310 g/mol. The summed E-state index contributed by atoms with van der Waals surface area (Å²) < 4.78 is 0. The minimum Gasteiger partial charge on any atom is -0.478 e. The van der Waals surface area contributed by atoms with Gasteiger partial charge in [-0.1, -0.05) is 48.5 Å². The molecular formula is C19H22N2O2. The van der Waals surface area contributed by atoms with E-state index in [1.54, 1.807) is 6.08 Å². The van der Waals surface area contributed by atoms with Gasteiger partial charge in [-0.25, -0.2) is 4.79 Å². The molecule has 0 bridgehead atoms. The van der Waals surface area contributed by atoms with Crippen LogP contribution in [0.2, 0.25) is 0 Å². The maximum Gasteiger partial charge on any atom is 0.328 e. The van der Waals surface area contributed by atoms with Crippen molar-refractivity contribution in [1.29, 1.82) is 0 Å². The van der Waals surface area contributed by atoms with E-state index in [9.17, 15) is 4.79 Å². The monoisotopic (exact) mass is 310 g/mol. The Morgan fingerprint density at radius 3 is 2.09 bits per heavy atom. The summed E-state index contributed by atoms with van der Waals surface area (Å²) in [6, 6.07) is 19.9. The summed E-state index contributed by atoms with van der Waals surface area (Å²) in [4.78, 5) is 12.5. The first-order valence-electron chi connectivity index (χ1n) is 7.72. The first-order valence-corrected chi connectivity index (χ1v) is 7.72. The van der Waals surface area contributed by atoms with E-state index in [2.05, 4.69) is 40.5 Å². The van der Waals surface area contributed by atoms with E-state index in [-0.39, 0.29) is 0 Å². The highest BCUT2D eigenvalue weighted by molar-refractivity contribution is 5.85. The SMILES string of the molecule is O=C(O)/C=C/c1ccccc1.c1ccc(N2CCNCC2)cc1. The minimum absolute atomic E-state index is 0.898. The van der Waals surface area contributed by atoms with E-state index in [4.69, 9.17) is 5.11 Å². The van der Waals surface area contributed by atoms with Gasteiger partial charge in [-0.05, 0) is 23.8 Å². The predicted octanol–water partition coefficient (Wildman–Crippen LogP) is 2.88. The highest BCUT2D eigenvalue weighted by Crippen LogP contribution is 2.12. The van der Waals surface area contributed by atoms with Crippen LogP contribution < -0.4 is 10.2 Å². The lowest BCUT2D eigenvalue weighted by Gasteiger charge is -2.29. The highest BCUT2D eigenvalue weighted by Gasteiger charge is 2.08. The molecule has 3 rings (SSSR count). The van der Waals surface area contributed by atoms with Crippen LogP contribution in [-0.2, 0) is 4.79 Å². The van der Waals surface area contributed by atoms with Crippen LogP contribution in [0.25, 0.3) is 6.08 Å². The minimum atomic E-state index is -0.922. The third-order valence-corrected chi connectivity index (χ3v) is 3.46. The van der Waals surface area contributed by atoms with Crippen LogP contribution in [0.3, 0.4) is 0 Å². The molecule has 0 saturated carbocycles. The number of para-hydroxylation sites is 1. The Kier molecular flexibility index (Phi) is 6.88. The highest BCUT2D eigenvalue weighted by atomic mass is 16.4. The van der Waals surface area contributed by atoms with Crippen LogP contribution in [0.5, 0.6) is 0 Å². The number of hydrogen-bond donors (Lipinski definition) is 2. The molecular weight excluding hydrogens is 288 g/mol. The van der Waals surface area contributed by atoms with Gasteiger partial charge < -0.3 is 15.3 Å². The lowest BCUT2D eigenvalue weighted by Crippen LogP contribution is -2.43. The molecule has 2 aromatic carbocycles. The molecule has 2 N–H and O–H groups in total. The third-order valence-electron chi connectivity index (χ3n) is 3.46. The molecule has 0 atom stereocenters. The van der Waals surface area contributed by atoms with Crippen molar-refractivity contribution in [1.82, 2.24) is 5.32 Å². The number of carboxylic acid groups (broad SMARTS) is 1. The predicted molar refractivity (Wildman–Crippen MR) is 94.6 cm³/mol. The lowest BCUT2D eigenvalue weighted by molar-refractivity contribution is -0.131. The molecule has 4 nitrogen and oxygen atoms in total.